The summed E-state index contributed by atoms with van der Waals surface area (Å²) in [6.07, 6.45) is -0.688. The Morgan fingerprint density at radius 2 is 1.19 bits per heavy atom. The van der Waals surface area contributed by atoms with Gasteiger partial charge in [0.15, 0.2) is 8.07 Å². The zero-order valence-corrected chi connectivity index (χ0v) is 18.8. The van der Waals surface area contributed by atoms with E-state index < -0.39 is 20.1 Å². The summed E-state index contributed by atoms with van der Waals surface area (Å²) in [7, 11) is -2.86. The van der Waals surface area contributed by atoms with Crippen LogP contribution in [-0.2, 0) is 4.79 Å². The molecule has 27 heavy (non-hydrogen) atoms. The van der Waals surface area contributed by atoms with Crippen LogP contribution in [0, 0.1) is 11.3 Å². The molecule has 3 heteroatoms. The molecule has 0 aliphatic heterocycles. The van der Waals surface area contributed by atoms with Crippen LogP contribution < -0.4 is 10.4 Å². The summed E-state index contributed by atoms with van der Waals surface area (Å²) in [5.74, 6) is -0.434. The minimum atomic E-state index is -2.86. The summed E-state index contributed by atoms with van der Waals surface area (Å²) < 4.78 is 0. The van der Waals surface area contributed by atoms with E-state index in [9.17, 15) is 9.90 Å². The maximum atomic E-state index is 14.2. The van der Waals surface area contributed by atoms with E-state index in [0.29, 0.717) is 0 Å². The van der Waals surface area contributed by atoms with Crippen molar-refractivity contribution in [2.75, 3.05) is 0 Å². The zero-order valence-electron chi connectivity index (χ0n) is 17.8. The minimum Gasteiger partial charge on any atom is -0.392 e. The van der Waals surface area contributed by atoms with Crippen molar-refractivity contribution in [2.24, 2.45) is 11.3 Å². The summed E-state index contributed by atoms with van der Waals surface area (Å²) in [5, 5.41) is 13.1. The fraction of sp³-hybridized carbons (Fsp3) is 0.458. The number of carbonyl (C=O) groups is 1. The lowest BCUT2D eigenvalue weighted by Crippen LogP contribution is -2.72. The van der Waals surface area contributed by atoms with Crippen molar-refractivity contribution in [3.05, 3.63) is 60.7 Å². The first-order chi connectivity index (χ1) is 12.4. The molecular formula is C24H34O2Si. The standard InChI is InChI=1S/C24H34O2Si/c1-18(21(25)23(2,3)4)22(26)27(24(5,6)7,19-14-10-8-11-15-19)20-16-12-9-13-17-20/h8-18,21,25H,1-7H3/t18-,21-/m1/s1. The van der Waals surface area contributed by atoms with Crippen LogP contribution in [0.3, 0.4) is 0 Å². The molecule has 0 aliphatic carbocycles. The molecule has 0 unspecified atom stereocenters. The van der Waals surface area contributed by atoms with E-state index in [2.05, 4.69) is 45.0 Å². The molecule has 0 saturated heterocycles. The lowest BCUT2D eigenvalue weighted by atomic mass is 9.82. The summed E-state index contributed by atoms with van der Waals surface area (Å²) in [4.78, 5) is 14.2. The van der Waals surface area contributed by atoms with Gasteiger partial charge in [-0.05, 0) is 20.8 Å². The number of aliphatic hydroxyl groups is 1. The van der Waals surface area contributed by atoms with Crippen molar-refractivity contribution in [2.45, 2.75) is 59.6 Å². The summed E-state index contributed by atoms with van der Waals surface area (Å²) >= 11 is 0. The molecule has 2 aromatic rings. The number of aliphatic hydroxyl groups excluding tert-OH is 1. The topological polar surface area (TPSA) is 37.3 Å². The van der Waals surface area contributed by atoms with Crippen LogP contribution in [0.25, 0.3) is 0 Å². The van der Waals surface area contributed by atoms with Crippen LogP contribution in [0.15, 0.2) is 60.7 Å². The molecule has 0 fully saturated rings. The highest BCUT2D eigenvalue weighted by Crippen LogP contribution is 2.39. The lowest BCUT2D eigenvalue weighted by molar-refractivity contribution is -0.121. The molecule has 0 spiro atoms. The molecule has 0 saturated carbocycles. The first-order valence-corrected chi connectivity index (χ1v) is 11.8. The van der Waals surface area contributed by atoms with Crippen LogP contribution in [0.2, 0.25) is 5.04 Å². The van der Waals surface area contributed by atoms with E-state index in [1.807, 2.05) is 64.1 Å². The molecule has 0 aromatic heterocycles. The molecule has 146 valence electrons. The Hall–Kier alpha value is -1.71. The molecule has 0 aliphatic rings. The fourth-order valence-corrected chi connectivity index (χ4v) is 9.90. The van der Waals surface area contributed by atoms with Crippen LogP contribution >= 0.6 is 0 Å². The van der Waals surface area contributed by atoms with Gasteiger partial charge < -0.3 is 9.90 Å². The Kier molecular flexibility index (Phi) is 6.18. The van der Waals surface area contributed by atoms with Crippen LogP contribution in [0.1, 0.15) is 48.5 Å². The van der Waals surface area contributed by atoms with Gasteiger partial charge in [0.05, 0.1) is 6.10 Å². The van der Waals surface area contributed by atoms with E-state index in [4.69, 9.17) is 0 Å². The van der Waals surface area contributed by atoms with Gasteiger partial charge in [-0.3, -0.25) is 0 Å². The van der Waals surface area contributed by atoms with Crippen molar-refractivity contribution in [1.82, 2.24) is 0 Å². The predicted molar refractivity (Wildman–Crippen MR) is 117 cm³/mol. The van der Waals surface area contributed by atoms with Crippen molar-refractivity contribution >= 4 is 23.9 Å². The first kappa shape index (κ1) is 21.6. The molecule has 2 aromatic carbocycles. The second-order valence-electron chi connectivity index (χ2n) is 9.70. The van der Waals surface area contributed by atoms with Crippen molar-refractivity contribution in [3.63, 3.8) is 0 Å². The number of carbonyl (C=O) groups excluding carboxylic acids is 1. The van der Waals surface area contributed by atoms with E-state index in [0.717, 1.165) is 10.4 Å². The van der Waals surface area contributed by atoms with Gasteiger partial charge in [0.25, 0.3) is 0 Å². The van der Waals surface area contributed by atoms with Gasteiger partial charge in [-0.1, -0.05) is 109 Å². The summed E-state index contributed by atoms with van der Waals surface area (Å²) in [6.45, 7) is 14.4. The normalized spacial score (nSPS) is 15.3. The Bertz CT molecular complexity index is 715. The van der Waals surface area contributed by atoms with E-state index >= 15 is 0 Å². The van der Waals surface area contributed by atoms with Crippen molar-refractivity contribution in [1.29, 1.82) is 0 Å². The molecule has 2 nitrogen and oxygen atoms in total. The Balaban J connectivity index is 2.79. The average Bonchev–Trinajstić information content (AvgIpc) is 2.60. The molecule has 1 N–H and O–H groups in total. The van der Waals surface area contributed by atoms with Crippen molar-refractivity contribution < 1.29 is 9.90 Å². The molecule has 0 radical (unpaired) electrons. The van der Waals surface area contributed by atoms with Gasteiger partial charge >= 0.3 is 0 Å². The second kappa shape index (κ2) is 7.73. The van der Waals surface area contributed by atoms with Gasteiger partial charge in [-0.25, -0.2) is 0 Å². The third-order valence-electron chi connectivity index (χ3n) is 5.68. The van der Waals surface area contributed by atoms with Gasteiger partial charge in [0.1, 0.15) is 5.41 Å². The highest BCUT2D eigenvalue weighted by molar-refractivity contribution is 7.24. The molecular weight excluding hydrogens is 348 g/mol. The maximum absolute atomic E-state index is 14.2. The maximum Gasteiger partial charge on any atom is 0.199 e. The molecule has 2 rings (SSSR count). The van der Waals surface area contributed by atoms with E-state index in [-0.39, 0.29) is 15.9 Å². The Labute approximate surface area is 165 Å². The summed E-state index contributed by atoms with van der Waals surface area (Å²) in [5.41, 5.74) is -0.347. The van der Waals surface area contributed by atoms with Gasteiger partial charge in [0, 0.05) is 5.92 Å². The molecule has 0 heterocycles. The number of rotatable bonds is 5. The first-order valence-electron chi connectivity index (χ1n) is 9.77. The molecule has 0 bridgehead atoms. The number of hydrogen-bond donors (Lipinski definition) is 1. The van der Waals surface area contributed by atoms with E-state index in [1.165, 1.54) is 0 Å². The monoisotopic (exact) mass is 382 g/mol. The average molecular weight is 383 g/mol. The van der Waals surface area contributed by atoms with Crippen LogP contribution in [-0.4, -0.2) is 24.7 Å². The van der Waals surface area contributed by atoms with Gasteiger partial charge in [-0.2, -0.15) is 0 Å². The quantitative estimate of drug-likeness (QED) is 0.787. The largest absolute Gasteiger partial charge is 0.392 e. The highest BCUT2D eigenvalue weighted by Gasteiger charge is 2.56. The second-order valence-corrected chi connectivity index (χ2v) is 14.3. The Morgan fingerprint density at radius 3 is 1.48 bits per heavy atom. The SMILES string of the molecule is C[C@@H](C(=O)[Si](c1ccccc1)(c1ccccc1)C(C)(C)C)[C@@H](O)C(C)(C)C. The van der Waals surface area contributed by atoms with Crippen molar-refractivity contribution in [3.8, 4) is 0 Å². The molecule has 2 atom stereocenters. The number of hydrogen-bond acceptors (Lipinski definition) is 2. The zero-order chi connectivity index (χ0) is 20.5. The van der Waals surface area contributed by atoms with Gasteiger partial charge in [-0.15, -0.1) is 0 Å². The van der Waals surface area contributed by atoms with Crippen LogP contribution in [0.5, 0.6) is 0 Å². The minimum absolute atomic E-state index is 0.204. The molecule has 0 amide bonds. The smallest absolute Gasteiger partial charge is 0.199 e. The number of benzene rings is 2. The fourth-order valence-electron chi connectivity index (χ4n) is 4.30. The summed E-state index contributed by atoms with van der Waals surface area (Å²) in [6, 6.07) is 20.4. The lowest BCUT2D eigenvalue weighted by Gasteiger charge is -2.45. The van der Waals surface area contributed by atoms with Crippen LogP contribution in [0.4, 0.5) is 0 Å². The van der Waals surface area contributed by atoms with E-state index in [1.54, 1.807) is 0 Å². The predicted octanol–water partition coefficient (Wildman–Crippen LogP) is 4.20. The third kappa shape index (κ3) is 3.95. The van der Waals surface area contributed by atoms with Gasteiger partial charge in [0.2, 0.25) is 0 Å². The Morgan fingerprint density at radius 1 is 0.815 bits per heavy atom. The highest BCUT2D eigenvalue weighted by atomic mass is 28.3. The third-order valence-corrected chi connectivity index (χ3v) is 11.5.